The average Bonchev–Trinajstić information content (AvgIpc) is 3.12. The third-order valence-corrected chi connectivity index (χ3v) is 3.66. The van der Waals surface area contributed by atoms with E-state index in [-0.39, 0.29) is 0 Å². The van der Waals surface area contributed by atoms with Crippen LogP contribution in [0.15, 0.2) is 41.5 Å². The van der Waals surface area contributed by atoms with Gasteiger partial charge in [-0.1, -0.05) is 30.3 Å². The van der Waals surface area contributed by atoms with Gasteiger partial charge in [0.25, 0.3) is 0 Å². The fourth-order valence-electron chi connectivity index (χ4n) is 2.38. The van der Waals surface area contributed by atoms with Crippen molar-refractivity contribution >= 4 is 5.96 Å². The van der Waals surface area contributed by atoms with Gasteiger partial charge >= 0.3 is 0 Å². The molecule has 2 aromatic rings. The summed E-state index contributed by atoms with van der Waals surface area (Å²) in [5, 5.41) is 6.61. The largest absolute Gasteiger partial charge is 0.382 e. The van der Waals surface area contributed by atoms with Crippen LogP contribution in [0.2, 0.25) is 0 Å². The third kappa shape index (κ3) is 6.97. The minimum absolute atomic E-state index is 0.515. The van der Waals surface area contributed by atoms with Crippen LogP contribution in [0.1, 0.15) is 32.5 Å². The number of imidazole rings is 1. The molecule has 6 nitrogen and oxygen atoms in total. The number of aromatic nitrogens is 2. The zero-order valence-electron chi connectivity index (χ0n) is 15.2. The number of nitrogens with one attached hydrogen (secondary N) is 3. The van der Waals surface area contributed by atoms with Gasteiger partial charge in [-0.25, -0.2) is 9.98 Å². The summed E-state index contributed by atoms with van der Waals surface area (Å²) in [6.07, 6.45) is 3.97. The Morgan fingerprint density at radius 2 is 2.00 bits per heavy atom. The summed E-state index contributed by atoms with van der Waals surface area (Å²) in [4.78, 5) is 12.3. The number of aliphatic imine (C=N–C) groups is 1. The highest BCUT2D eigenvalue weighted by Gasteiger charge is 2.03. The summed E-state index contributed by atoms with van der Waals surface area (Å²) >= 11 is 0. The molecule has 0 amide bonds. The summed E-state index contributed by atoms with van der Waals surface area (Å²) in [6, 6.07) is 10.2. The van der Waals surface area contributed by atoms with Gasteiger partial charge in [-0.15, -0.1) is 0 Å². The van der Waals surface area contributed by atoms with Crippen LogP contribution in [0.5, 0.6) is 0 Å². The molecular formula is C19H29N5O. The van der Waals surface area contributed by atoms with Gasteiger partial charge in [0.15, 0.2) is 5.96 Å². The number of hydrogen-bond acceptors (Lipinski definition) is 3. The maximum absolute atomic E-state index is 5.35. The van der Waals surface area contributed by atoms with Crippen molar-refractivity contribution in [1.29, 1.82) is 0 Å². The second-order valence-electron chi connectivity index (χ2n) is 5.64. The second-order valence-corrected chi connectivity index (χ2v) is 5.64. The Hall–Kier alpha value is -2.34. The van der Waals surface area contributed by atoms with Crippen molar-refractivity contribution in [1.82, 2.24) is 20.6 Å². The molecule has 0 fully saturated rings. The van der Waals surface area contributed by atoms with Crippen molar-refractivity contribution in [2.45, 2.75) is 33.2 Å². The lowest BCUT2D eigenvalue weighted by atomic mass is 10.2. The summed E-state index contributed by atoms with van der Waals surface area (Å²) in [5.74, 6) is 1.67. The van der Waals surface area contributed by atoms with Crippen molar-refractivity contribution < 1.29 is 4.74 Å². The number of ether oxygens (including phenoxy) is 1. The molecule has 0 unspecified atom stereocenters. The van der Waals surface area contributed by atoms with Crippen LogP contribution in [0, 0.1) is 0 Å². The number of guanidine groups is 1. The normalized spacial score (nSPS) is 11.5. The van der Waals surface area contributed by atoms with E-state index in [4.69, 9.17) is 4.74 Å². The Bertz CT molecular complexity index is 624. The molecule has 0 spiro atoms. The second kappa shape index (κ2) is 11.3. The fourth-order valence-corrected chi connectivity index (χ4v) is 2.38. The molecule has 0 atom stereocenters. The molecule has 2 rings (SSSR count). The number of aromatic amines is 1. The lowest BCUT2D eigenvalue weighted by Crippen LogP contribution is -2.37. The predicted molar refractivity (Wildman–Crippen MR) is 103 cm³/mol. The molecule has 0 aliphatic heterocycles. The molecule has 1 heterocycles. The zero-order chi connectivity index (χ0) is 17.7. The van der Waals surface area contributed by atoms with E-state index in [0.29, 0.717) is 6.54 Å². The van der Waals surface area contributed by atoms with E-state index in [0.717, 1.165) is 62.2 Å². The topological polar surface area (TPSA) is 74.3 Å². The number of nitrogens with zero attached hydrogens (tertiary/aromatic N) is 2. The summed E-state index contributed by atoms with van der Waals surface area (Å²) < 4.78 is 5.35. The SMILES string of the molecule is CCNC(=NCc1ncc(-c2ccccc2)[nH]1)NCCCCOCC. The number of benzene rings is 1. The number of unbranched alkanes of at least 4 members (excludes halogenated alkanes) is 1. The number of H-pyrrole nitrogens is 1. The maximum atomic E-state index is 5.35. The molecule has 0 saturated carbocycles. The third-order valence-electron chi connectivity index (χ3n) is 3.66. The Morgan fingerprint density at radius 1 is 1.16 bits per heavy atom. The highest BCUT2D eigenvalue weighted by atomic mass is 16.5. The molecule has 0 aliphatic carbocycles. The molecule has 0 aliphatic rings. The van der Waals surface area contributed by atoms with Crippen molar-refractivity contribution in [3.63, 3.8) is 0 Å². The lowest BCUT2D eigenvalue weighted by Gasteiger charge is -2.10. The van der Waals surface area contributed by atoms with Crippen molar-refractivity contribution in [2.24, 2.45) is 4.99 Å². The molecular weight excluding hydrogens is 314 g/mol. The number of rotatable bonds is 10. The molecule has 0 bridgehead atoms. The molecule has 1 aromatic heterocycles. The molecule has 1 aromatic carbocycles. The van der Waals surface area contributed by atoms with Crippen molar-refractivity contribution in [3.05, 3.63) is 42.4 Å². The first-order valence-electron chi connectivity index (χ1n) is 9.02. The van der Waals surface area contributed by atoms with Crippen LogP contribution < -0.4 is 10.6 Å². The smallest absolute Gasteiger partial charge is 0.191 e. The van der Waals surface area contributed by atoms with Gasteiger partial charge in [0, 0.05) is 26.3 Å². The van der Waals surface area contributed by atoms with Crippen LogP contribution >= 0.6 is 0 Å². The highest BCUT2D eigenvalue weighted by Crippen LogP contribution is 2.16. The fraction of sp³-hybridized carbons (Fsp3) is 0.474. The van der Waals surface area contributed by atoms with Crippen molar-refractivity contribution in [2.75, 3.05) is 26.3 Å². The predicted octanol–water partition coefficient (Wildman–Crippen LogP) is 2.95. The zero-order valence-corrected chi connectivity index (χ0v) is 15.2. The van der Waals surface area contributed by atoms with Gasteiger partial charge in [0.05, 0.1) is 11.9 Å². The minimum atomic E-state index is 0.515. The monoisotopic (exact) mass is 343 g/mol. The van der Waals surface area contributed by atoms with E-state index in [9.17, 15) is 0 Å². The molecule has 25 heavy (non-hydrogen) atoms. The molecule has 3 N–H and O–H groups in total. The van der Waals surface area contributed by atoms with E-state index in [1.54, 1.807) is 0 Å². The maximum Gasteiger partial charge on any atom is 0.191 e. The lowest BCUT2D eigenvalue weighted by molar-refractivity contribution is 0.143. The molecule has 0 radical (unpaired) electrons. The van der Waals surface area contributed by atoms with Crippen LogP contribution in [0.4, 0.5) is 0 Å². The van der Waals surface area contributed by atoms with Crippen LogP contribution in [-0.2, 0) is 11.3 Å². The first-order valence-corrected chi connectivity index (χ1v) is 9.02. The van der Waals surface area contributed by atoms with E-state index in [1.165, 1.54) is 0 Å². The molecule has 0 saturated heterocycles. The highest BCUT2D eigenvalue weighted by molar-refractivity contribution is 5.79. The van der Waals surface area contributed by atoms with Crippen LogP contribution in [0.25, 0.3) is 11.3 Å². The summed E-state index contributed by atoms with van der Waals surface area (Å²) in [6.45, 7) is 7.91. The molecule has 136 valence electrons. The van der Waals surface area contributed by atoms with Gasteiger partial charge in [-0.05, 0) is 32.3 Å². The Balaban J connectivity index is 1.83. The van der Waals surface area contributed by atoms with E-state index in [1.807, 2.05) is 31.3 Å². The molecule has 6 heteroatoms. The first kappa shape index (κ1) is 19.0. The Labute approximate surface area is 150 Å². The average molecular weight is 343 g/mol. The van der Waals surface area contributed by atoms with Crippen molar-refractivity contribution in [3.8, 4) is 11.3 Å². The minimum Gasteiger partial charge on any atom is -0.382 e. The Kier molecular flexibility index (Phi) is 8.55. The Morgan fingerprint density at radius 3 is 2.76 bits per heavy atom. The van der Waals surface area contributed by atoms with Crippen LogP contribution in [-0.4, -0.2) is 42.2 Å². The van der Waals surface area contributed by atoms with E-state index >= 15 is 0 Å². The quantitative estimate of drug-likeness (QED) is 0.352. The van der Waals surface area contributed by atoms with E-state index in [2.05, 4.69) is 44.7 Å². The van der Waals surface area contributed by atoms with Gasteiger partial charge in [0.1, 0.15) is 12.4 Å². The number of hydrogen-bond donors (Lipinski definition) is 3. The van der Waals surface area contributed by atoms with Gasteiger partial charge in [-0.3, -0.25) is 0 Å². The van der Waals surface area contributed by atoms with Gasteiger partial charge in [0.2, 0.25) is 0 Å². The summed E-state index contributed by atoms with van der Waals surface area (Å²) in [5.41, 5.74) is 2.14. The standard InChI is InChI=1S/C19H29N5O/c1-3-20-19(21-12-8-9-13-25-4-2)23-15-18-22-14-17(24-18)16-10-6-5-7-11-16/h5-7,10-11,14H,3-4,8-9,12-13,15H2,1-2H3,(H,22,24)(H2,20,21,23). The van der Waals surface area contributed by atoms with Gasteiger partial charge in [-0.2, -0.15) is 0 Å². The summed E-state index contributed by atoms with van der Waals surface area (Å²) in [7, 11) is 0. The van der Waals surface area contributed by atoms with Gasteiger partial charge < -0.3 is 20.4 Å². The first-order chi connectivity index (χ1) is 12.3. The van der Waals surface area contributed by atoms with Crippen LogP contribution in [0.3, 0.4) is 0 Å². The van der Waals surface area contributed by atoms with E-state index < -0.39 is 0 Å².